The Kier molecular flexibility index (Phi) is 3.86. The van der Waals surface area contributed by atoms with Crippen LogP contribution in [0.3, 0.4) is 0 Å². The summed E-state index contributed by atoms with van der Waals surface area (Å²) in [6.45, 7) is 0. The van der Waals surface area contributed by atoms with Crippen molar-refractivity contribution >= 4 is 33.6 Å². The Morgan fingerprint density at radius 2 is 2.00 bits per heavy atom. The van der Waals surface area contributed by atoms with Gasteiger partial charge in [-0.05, 0) is 40.2 Å². The molecule has 2 aromatic heterocycles. The number of nitrogens with zero attached hydrogens (tertiary/aromatic N) is 2. The highest BCUT2D eigenvalue weighted by Gasteiger charge is 2.11. The predicted molar refractivity (Wildman–Crippen MR) is 71.1 cm³/mol. The molecule has 2 N–H and O–H groups in total. The number of pyridine rings is 2. The van der Waals surface area contributed by atoms with Gasteiger partial charge in [0.25, 0.3) is 5.91 Å². The van der Waals surface area contributed by atoms with E-state index in [2.05, 4.69) is 31.2 Å². The van der Waals surface area contributed by atoms with E-state index in [1.54, 1.807) is 18.3 Å². The maximum atomic E-state index is 11.9. The minimum atomic E-state index is -1.18. The van der Waals surface area contributed by atoms with Crippen molar-refractivity contribution in [3.8, 4) is 0 Å². The highest BCUT2D eigenvalue weighted by molar-refractivity contribution is 9.10. The lowest BCUT2D eigenvalue weighted by Crippen LogP contribution is -2.14. The van der Waals surface area contributed by atoms with E-state index < -0.39 is 11.9 Å². The van der Waals surface area contributed by atoms with Crippen LogP contribution >= 0.6 is 15.9 Å². The number of hydrogen-bond donors (Lipinski definition) is 2. The van der Waals surface area contributed by atoms with Crippen molar-refractivity contribution in [2.45, 2.75) is 0 Å². The second-order valence-electron chi connectivity index (χ2n) is 3.55. The number of aromatic carboxylic acids is 1. The standard InChI is InChI=1S/C12H8BrN3O3/c13-8-1-2-10(15-6-8)16-11(17)7-3-4-14-9(5-7)12(18)19/h1-6H,(H,18,19)(H,15,16,17). The molecule has 0 saturated heterocycles. The van der Waals surface area contributed by atoms with Gasteiger partial charge in [0, 0.05) is 22.4 Å². The third-order valence-electron chi connectivity index (χ3n) is 2.21. The average molecular weight is 322 g/mol. The zero-order valence-electron chi connectivity index (χ0n) is 9.50. The predicted octanol–water partition coefficient (Wildman–Crippen LogP) is 2.19. The van der Waals surface area contributed by atoms with Crippen LogP contribution in [0.15, 0.2) is 41.1 Å². The fraction of sp³-hybridized carbons (Fsp3) is 0. The lowest BCUT2D eigenvalue weighted by atomic mass is 10.2. The first-order valence-corrected chi connectivity index (χ1v) is 5.98. The summed E-state index contributed by atoms with van der Waals surface area (Å²) in [7, 11) is 0. The Hall–Kier alpha value is -2.28. The fourth-order valence-corrected chi connectivity index (χ4v) is 1.56. The molecular formula is C12H8BrN3O3. The molecule has 96 valence electrons. The van der Waals surface area contributed by atoms with Crippen molar-refractivity contribution in [1.82, 2.24) is 9.97 Å². The molecule has 2 heterocycles. The van der Waals surface area contributed by atoms with Crippen LogP contribution < -0.4 is 5.32 Å². The van der Waals surface area contributed by atoms with E-state index in [1.165, 1.54) is 18.3 Å². The molecule has 0 saturated carbocycles. The van der Waals surface area contributed by atoms with Gasteiger partial charge >= 0.3 is 5.97 Å². The van der Waals surface area contributed by atoms with Gasteiger partial charge in [-0.3, -0.25) is 4.79 Å². The highest BCUT2D eigenvalue weighted by atomic mass is 79.9. The number of carbonyl (C=O) groups is 2. The number of anilines is 1. The fourth-order valence-electron chi connectivity index (χ4n) is 1.33. The Labute approximate surface area is 116 Å². The van der Waals surface area contributed by atoms with Gasteiger partial charge < -0.3 is 10.4 Å². The molecule has 0 atom stereocenters. The molecule has 2 aromatic rings. The lowest BCUT2D eigenvalue weighted by Gasteiger charge is -2.04. The monoisotopic (exact) mass is 321 g/mol. The summed E-state index contributed by atoms with van der Waals surface area (Å²) < 4.78 is 0.794. The van der Waals surface area contributed by atoms with Gasteiger partial charge in [0.05, 0.1) is 0 Å². The zero-order valence-corrected chi connectivity index (χ0v) is 11.1. The number of amides is 1. The molecule has 0 aliphatic rings. The topological polar surface area (TPSA) is 92.2 Å². The Balaban J connectivity index is 2.18. The third kappa shape index (κ3) is 3.35. The van der Waals surface area contributed by atoms with Gasteiger partial charge in [0.15, 0.2) is 0 Å². The number of halogens is 1. The number of rotatable bonds is 3. The molecule has 0 fully saturated rings. The summed E-state index contributed by atoms with van der Waals surface area (Å²) in [5.41, 5.74) is 0.0218. The molecule has 0 spiro atoms. The van der Waals surface area contributed by atoms with Crippen LogP contribution in [0.1, 0.15) is 20.8 Å². The highest BCUT2D eigenvalue weighted by Crippen LogP contribution is 2.12. The normalized spacial score (nSPS) is 9.95. The summed E-state index contributed by atoms with van der Waals surface area (Å²) in [6, 6.07) is 6.00. The van der Waals surface area contributed by atoms with E-state index in [4.69, 9.17) is 5.11 Å². The molecule has 19 heavy (non-hydrogen) atoms. The summed E-state index contributed by atoms with van der Waals surface area (Å²) >= 11 is 3.23. The first kappa shape index (κ1) is 13.2. The minimum absolute atomic E-state index is 0.184. The van der Waals surface area contributed by atoms with Gasteiger partial charge in [-0.25, -0.2) is 14.8 Å². The summed E-state index contributed by atoms with van der Waals surface area (Å²) in [6.07, 6.45) is 2.82. The van der Waals surface area contributed by atoms with Gasteiger partial charge in [-0.1, -0.05) is 0 Å². The van der Waals surface area contributed by atoms with E-state index in [0.717, 1.165) is 4.47 Å². The van der Waals surface area contributed by atoms with Crippen molar-refractivity contribution < 1.29 is 14.7 Å². The summed E-state index contributed by atoms with van der Waals surface area (Å²) in [5.74, 6) is -1.25. The van der Waals surface area contributed by atoms with E-state index in [-0.39, 0.29) is 11.3 Å². The summed E-state index contributed by atoms with van der Waals surface area (Å²) in [5, 5.41) is 11.4. The van der Waals surface area contributed by atoms with E-state index in [9.17, 15) is 9.59 Å². The number of aromatic nitrogens is 2. The molecule has 2 rings (SSSR count). The van der Waals surface area contributed by atoms with Gasteiger partial charge in [-0.2, -0.15) is 0 Å². The molecule has 6 nitrogen and oxygen atoms in total. The molecule has 0 aromatic carbocycles. The number of carbonyl (C=O) groups excluding carboxylic acids is 1. The van der Waals surface area contributed by atoms with E-state index in [0.29, 0.717) is 5.82 Å². The van der Waals surface area contributed by atoms with Crippen LogP contribution in [0.2, 0.25) is 0 Å². The molecule has 0 bridgehead atoms. The molecule has 0 unspecified atom stereocenters. The second-order valence-corrected chi connectivity index (χ2v) is 4.47. The second kappa shape index (κ2) is 5.57. The number of carboxylic acid groups (broad SMARTS) is 1. The molecule has 0 radical (unpaired) electrons. The molecule has 1 amide bonds. The molecule has 7 heteroatoms. The SMILES string of the molecule is O=C(Nc1ccc(Br)cn1)c1ccnc(C(=O)O)c1. The Morgan fingerprint density at radius 1 is 1.21 bits per heavy atom. The quantitative estimate of drug-likeness (QED) is 0.904. The van der Waals surface area contributed by atoms with Crippen LogP contribution in [0.5, 0.6) is 0 Å². The van der Waals surface area contributed by atoms with Crippen LogP contribution in [0.4, 0.5) is 5.82 Å². The van der Waals surface area contributed by atoms with Gasteiger partial charge in [-0.15, -0.1) is 0 Å². The van der Waals surface area contributed by atoms with E-state index in [1.807, 2.05) is 0 Å². The van der Waals surface area contributed by atoms with Crippen LogP contribution in [-0.4, -0.2) is 27.0 Å². The zero-order chi connectivity index (χ0) is 13.8. The van der Waals surface area contributed by atoms with E-state index >= 15 is 0 Å². The average Bonchev–Trinajstić information content (AvgIpc) is 2.41. The Morgan fingerprint density at radius 3 is 2.63 bits per heavy atom. The van der Waals surface area contributed by atoms with Crippen molar-refractivity contribution in [3.05, 3.63) is 52.4 Å². The van der Waals surface area contributed by atoms with Crippen molar-refractivity contribution in [2.24, 2.45) is 0 Å². The maximum Gasteiger partial charge on any atom is 0.354 e. The van der Waals surface area contributed by atoms with Crippen molar-refractivity contribution in [1.29, 1.82) is 0 Å². The lowest BCUT2D eigenvalue weighted by molar-refractivity contribution is 0.0690. The smallest absolute Gasteiger partial charge is 0.354 e. The van der Waals surface area contributed by atoms with Crippen LogP contribution in [-0.2, 0) is 0 Å². The molecule has 0 aliphatic carbocycles. The molecule has 0 aliphatic heterocycles. The minimum Gasteiger partial charge on any atom is -0.477 e. The van der Waals surface area contributed by atoms with Gasteiger partial charge in [0.1, 0.15) is 11.5 Å². The number of hydrogen-bond acceptors (Lipinski definition) is 4. The van der Waals surface area contributed by atoms with Crippen molar-refractivity contribution in [3.63, 3.8) is 0 Å². The largest absolute Gasteiger partial charge is 0.477 e. The third-order valence-corrected chi connectivity index (χ3v) is 2.68. The first-order valence-electron chi connectivity index (χ1n) is 5.18. The number of carboxylic acids is 1. The number of nitrogens with one attached hydrogen (secondary N) is 1. The van der Waals surface area contributed by atoms with Crippen LogP contribution in [0, 0.1) is 0 Å². The first-order chi connectivity index (χ1) is 9.06. The Bertz CT molecular complexity index is 628. The van der Waals surface area contributed by atoms with Crippen LogP contribution in [0.25, 0.3) is 0 Å². The summed E-state index contributed by atoms with van der Waals surface area (Å²) in [4.78, 5) is 30.3. The van der Waals surface area contributed by atoms with Crippen molar-refractivity contribution in [2.75, 3.05) is 5.32 Å². The van der Waals surface area contributed by atoms with Gasteiger partial charge in [0.2, 0.25) is 0 Å². The molecular weight excluding hydrogens is 314 g/mol. The maximum absolute atomic E-state index is 11.9.